The molecule has 0 bridgehead atoms. The second-order valence-corrected chi connectivity index (χ2v) is 8.45. The lowest BCUT2D eigenvalue weighted by atomic mass is 10.0. The Hall–Kier alpha value is -3.13. The van der Waals surface area contributed by atoms with Crippen LogP contribution in [0.4, 0.5) is 4.79 Å². The van der Waals surface area contributed by atoms with E-state index in [2.05, 4.69) is 24.1 Å². The number of thioether (sulfide) groups is 1. The molecule has 0 saturated carbocycles. The van der Waals surface area contributed by atoms with E-state index in [-0.39, 0.29) is 42.7 Å². The quantitative estimate of drug-likeness (QED) is 0.631. The van der Waals surface area contributed by atoms with Gasteiger partial charge in [0.25, 0.3) is 17.1 Å². The Kier molecular flexibility index (Phi) is 7.46. The van der Waals surface area contributed by atoms with E-state index < -0.39 is 0 Å². The summed E-state index contributed by atoms with van der Waals surface area (Å²) in [6.07, 6.45) is 4.89. The maximum Gasteiger partial charge on any atom is 0.293 e. The molecule has 1 aromatic heterocycles. The topological polar surface area (TPSA) is 88.6 Å². The molecule has 1 fully saturated rings. The van der Waals surface area contributed by atoms with Gasteiger partial charge >= 0.3 is 0 Å². The second-order valence-electron chi connectivity index (χ2n) is 7.45. The Morgan fingerprint density at radius 3 is 2.81 bits per heavy atom. The van der Waals surface area contributed by atoms with E-state index in [0.717, 1.165) is 33.4 Å². The number of hydrogen-bond donors (Lipinski definition) is 1. The van der Waals surface area contributed by atoms with Gasteiger partial charge in [0.1, 0.15) is 5.75 Å². The van der Waals surface area contributed by atoms with Crippen molar-refractivity contribution in [2.45, 2.75) is 26.7 Å². The predicted octanol–water partition coefficient (Wildman–Crippen LogP) is 3.74. The molecule has 162 valence electrons. The summed E-state index contributed by atoms with van der Waals surface area (Å²) in [6, 6.07) is 9.50. The summed E-state index contributed by atoms with van der Waals surface area (Å²) in [5.74, 6) is 0.286. The number of amides is 3. The number of pyridine rings is 1. The minimum absolute atomic E-state index is 0.0997. The SMILES string of the molecule is Cc1ccc(C(C)C)c(OCC(=O)NCCN2C(=O)S/C(=C/c3cccnc3)C2=O)c1. The van der Waals surface area contributed by atoms with E-state index in [1.54, 1.807) is 30.6 Å². The highest BCUT2D eigenvalue weighted by Crippen LogP contribution is 2.31. The number of ether oxygens (including phenoxy) is 1. The van der Waals surface area contributed by atoms with Gasteiger partial charge in [0.15, 0.2) is 6.61 Å². The number of carbonyl (C=O) groups excluding carboxylic acids is 3. The molecule has 0 aliphatic carbocycles. The number of benzene rings is 1. The standard InChI is InChI=1S/C23H25N3O4S/c1-15(2)18-7-6-16(3)11-19(18)30-14-21(27)25-9-10-26-22(28)20(31-23(26)29)12-17-5-4-8-24-13-17/h4-8,11-13,15H,9-10,14H2,1-3H3,(H,25,27)/b20-12+. The summed E-state index contributed by atoms with van der Waals surface area (Å²) in [6.45, 7) is 6.23. The summed E-state index contributed by atoms with van der Waals surface area (Å²) >= 11 is 0.882. The summed E-state index contributed by atoms with van der Waals surface area (Å²) < 4.78 is 5.71. The Morgan fingerprint density at radius 1 is 1.29 bits per heavy atom. The number of carbonyl (C=O) groups is 3. The molecule has 31 heavy (non-hydrogen) atoms. The van der Waals surface area contributed by atoms with Crippen LogP contribution in [-0.4, -0.2) is 46.6 Å². The molecule has 0 atom stereocenters. The van der Waals surface area contributed by atoms with Gasteiger partial charge in [-0.15, -0.1) is 0 Å². The Labute approximate surface area is 185 Å². The number of aromatic nitrogens is 1. The van der Waals surface area contributed by atoms with Crippen LogP contribution < -0.4 is 10.1 Å². The van der Waals surface area contributed by atoms with Gasteiger partial charge < -0.3 is 10.1 Å². The van der Waals surface area contributed by atoms with Crippen molar-refractivity contribution in [2.24, 2.45) is 0 Å². The maximum atomic E-state index is 12.5. The molecule has 1 saturated heterocycles. The van der Waals surface area contributed by atoms with Gasteiger partial charge in [0.2, 0.25) is 0 Å². The zero-order valence-electron chi connectivity index (χ0n) is 17.8. The average Bonchev–Trinajstić information content (AvgIpc) is 3.00. The van der Waals surface area contributed by atoms with Crippen molar-refractivity contribution in [1.29, 1.82) is 0 Å². The fourth-order valence-corrected chi connectivity index (χ4v) is 3.92. The molecule has 3 rings (SSSR count). The lowest BCUT2D eigenvalue weighted by molar-refractivity contribution is -0.125. The van der Waals surface area contributed by atoms with Crippen LogP contribution in [0.1, 0.15) is 36.5 Å². The van der Waals surface area contributed by atoms with Crippen molar-refractivity contribution in [3.05, 3.63) is 64.3 Å². The number of rotatable bonds is 8. The van der Waals surface area contributed by atoms with E-state index in [0.29, 0.717) is 10.7 Å². The van der Waals surface area contributed by atoms with Crippen LogP contribution in [0, 0.1) is 6.92 Å². The van der Waals surface area contributed by atoms with Crippen molar-refractivity contribution in [3.8, 4) is 5.75 Å². The van der Waals surface area contributed by atoms with Crippen molar-refractivity contribution >= 4 is 34.9 Å². The molecule has 0 spiro atoms. The first kappa shape index (κ1) is 22.6. The van der Waals surface area contributed by atoms with E-state index in [9.17, 15) is 14.4 Å². The molecule has 2 aromatic rings. The van der Waals surface area contributed by atoms with Crippen molar-refractivity contribution in [3.63, 3.8) is 0 Å². The highest BCUT2D eigenvalue weighted by atomic mass is 32.2. The van der Waals surface area contributed by atoms with E-state index in [1.165, 1.54) is 0 Å². The summed E-state index contributed by atoms with van der Waals surface area (Å²) in [5.41, 5.74) is 2.84. The zero-order chi connectivity index (χ0) is 22.4. The van der Waals surface area contributed by atoms with Crippen LogP contribution >= 0.6 is 11.8 Å². The van der Waals surface area contributed by atoms with Gasteiger partial charge in [0.05, 0.1) is 4.91 Å². The lowest BCUT2D eigenvalue weighted by Crippen LogP contribution is -2.38. The van der Waals surface area contributed by atoms with Crippen molar-refractivity contribution in [1.82, 2.24) is 15.2 Å². The van der Waals surface area contributed by atoms with Gasteiger partial charge in [0, 0.05) is 25.5 Å². The van der Waals surface area contributed by atoms with Gasteiger partial charge in [-0.1, -0.05) is 32.0 Å². The average molecular weight is 440 g/mol. The zero-order valence-corrected chi connectivity index (χ0v) is 18.6. The molecule has 1 aliphatic rings. The summed E-state index contributed by atoms with van der Waals surface area (Å²) in [5, 5.41) is 2.35. The first-order valence-corrected chi connectivity index (χ1v) is 10.8. The number of imide groups is 1. The van der Waals surface area contributed by atoms with Crippen LogP contribution in [-0.2, 0) is 9.59 Å². The van der Waals surface area contributed by atoms with Gasteiger partial charge in [-0.25, -0.2) is 0 Å². The Balaban J connectivity index is 1.50. The molecule has 2 heterocycles. The smallest absolute Gasteiger partial charge is 0.293 e. The minimum Gasteiger partial charge on any atom is -0.483 e. The molecular formula is C23H25N3O4S. The Morgan fingerprint density at radius 2 is 2.10 bits per heavy atom. The molecule has 0 unspecified atom stereocenters. The number of nitrogens with zero attached hydrogens (tertiary/aromatic N) is 2. The van der Waals surface area contributed by atoms with Gasteiger partial charge in [-0.3, -0.25) is 24.3 Å². The molecule has 0 radical (unpaired) electrons. The molecular weight excluding hydrogens is 414 g/mol. The summed E-state index contributed by atoms with van der Waals surface area (Å²) in [4.78, 5) is 42.3. The lowest BCUT2D eigenvalue weighted by Gasteiger charge is -2.16. The third-order valence-electron chi connectivity index (χ3n) is 4.66. The van der Waals surface area contributed by atoms with Gasteiger partial charge in [-0.2, -0.15) is 0 Å². The maximum absolute atomic E-state index is 12.5. The van der Waals surface area contributed by atoms with Crippen molar-refractivity contribution in [2.75, 3.05) is 19.7 Å². The number of nitrogens with one attached hydrogen (secondary N) is 1. The number of aryl methyl sites for hydroxylation is 1. The fourth-order valence-electron chi connectivity index (χ4n) is 3.05. The summed E-state index contributed by atoms with van der Waals surface area (Å²) in [7, 11) is 0. The predicted molar refractivity (Wildman–Crippen MR) is 121 cm³/mol. The molecule has 8 heteroatoms. The van der Waals surface area contributed by atoms with E-state index >= 15 is 0 Å². The van der Waals surface area contributed by atoms with Crippen molar-refractivity contribution < 1.29 is 19.1 Å². The first-order chi connectivity index (χ1) is 14.8. The van der Waals surface area contributed by atoms with E-state index in [1.807, 2.05) is 25.1 Å². The van der Waals surface area contributed by atoms with Crippen LogP contribution in [0.2, 0.25) is 0 Å². The Bertz CT molecular complexity index is 1010. The molecule has 1 aliphatic heterocycles. The fraction of sp³-hybridized carbons (Fsp3) is 0.304. The molecule has 1 N–H and O–H groups in total. The largest absolute Gasteiger partial charge is 0.483 e. The third kappa shape index (κ3) is 5.95. The third-order valence-corrected chi connectivity index (χ3v) is 5.57. The highest BCUT2D eigenvalue weighted by molar-refractivity contribution is 8.18. The van der Waals surface area contributed by atoms with Crippen LogP contribution in [0.25, 0.3) is 6.08 Å². The van der Waals surface area contributed by atoms with Crippen LogP contribution in [0.15, 0.2) is 47.6 Å². The second kappa shape index (κ2) is 10.3. The highest BCUT2D eigenvalue weighted by Gasteiger charge is 2.34. The van der Waals surface area contributed by atoms with E-state index in [4.69, 9.17) is 4.74 Å². The normalized spacial score (nSPS) is 15.1. The minimum atomic E-state index is -0.370. The van der Waals surface area contributed by atoms with Crippen LogP contribution in [0.5, 0.6) is 5.75 Å². The van der Waals surface area contributed by atoms with Gasteiger partial charge in [-0.05, 0) is 59.5 Å². The molecule has 1 aromatic carbocycles. The monoisotopic (exact) mass is 439 g/mol. The first-order valence-electron chi connectivity index (χ1n) is 10.0. The molecule has 7 nitrogen and oxygen atoms in total. The van der Waals surface area contributed by atoms with Crippen LogP contribution in [0.3, 0.4) is 0 Å². The molecule has 3 amide bonds. The number of hydrogen-bond acceptors (Lipinski definition) is 6.